The standard InChI is InChI=1S/C3H8O.2ClH.Mg/c1-2-3-4;;;/h4H,2-3H2,1H3;2*1H;/q;;;+2/p-2. The zero-order valence-corrected chi connectivity index (χ0v) is 7.25. The number of aliphatic hydroxyl groups is 1. The van der Waals surface area contributed by atoms with E-state index in [1.165, 1.54) is 0 Å². The van der Waals surface area contributed by atoms with Gasteiger partial charge in [-0.15, -0.1) is 0 Å². The molecule has 4 heteroatoms. The largest absolute Gasteiger partial charge is 0.618 e. The van der Waals surface area contributed by atoms with Crippen LogP contribution >= 0.6 is 18.1 Å². The van der Waals surface area contributed by atoms with E-state index in [0.29, 0.717) is 6.61 Å². The molecule has 0 aromatic rings. The number of halogens is 2. The molecule has 1 N–H and O–H groups in total. The second-order valence-corrected chi connectivity index (χ2v) is 3.45. The van der Waals surface area contributed by atoms with Crippen molar-refractivity contribution >= 4 is 36.3 Å². The predicted molar refractivity (Wildman–Crippen MR) is 34.8 cm³/mol. The van der Waals surface area contributed by atoms with Gasteiger partial charge in [-0.3, -0.25) is 0 Å². The lowest BCUT2D eigenvalue weighted by molar-refractivity contribution is 0.295. The molecule has 0 rings (SSSR count). The molecule has 0 bridgehead atoms. The van der Waals surface area contributed by atoms with Crippen molar-refractivity contribution in [2.75, 3.05) is 6.61 Å². The second kappa shape index (κ2) is 15.7. The Balaban J connectivity index is 0. The van der Waals surface area contributed by atoms with Crippen LogP contribution in [0.25, 0.3) is 0 Å². The van der Waals surface area contributed by atoms with Crippen molar-refractivity contribution in [3.8, 4) is 0 Å². The van der Waals surface area contributed by atoms with E-state index in [9.17, 15) is 0 Å². The third-order valence-corrected chi connectivity index (χ3v) is 0.224. The van der Waals surface area contributed by atoms with Gasteiger partial charge in [-0.1, -0.05) is 6.92 Å². The van der Waals surface area contributed by atoms with Crippen molar-refractivity contribution < 1.29 is 5.11 Å². The summed E-state index contributed by atoms with van der Waals surface area (Å²) in [6, 6.07) is 0. The van der Waals surface area contributed by atoms with E-state index in [1.54, 1.807) is 0 Å². The highest BCUT2D eigenvalue weighted by Crippen LogP contribution is 1.67. The minimum absolute atomic E-state index is 0.319. The molecule has 0 aliphatic carbocycles. The van der Waals surface area contributed by atoms with Gasteiger partial charge in [0, 0.05) is 6.61 Å². The Labute approximate surface area is 61.3 Å². The van der Waals surface area contributed by atoms with Gasteiger partial charge < -0.3 is 23.2 Å². The lowest BCUT2D eigenvalue weighted by Gasteiger charge is -1.69. The Morgan fingerprint density at radius 3 is 1.71 bits per heavy atom. The van der Waals surface area contributed by atoms with Gasteiger partial charge in [0.25, 0.3) is 0 Å². The van der Waals surface area contributed by atoms with E-state index in [4.69, 9.17) is 23.2 Å². The molecule has 0 radical (unpaired) electrons. The first kappa shape index (κ1) is 11.1. The van der Waals surface area contributed by atoms with E-state index in [-0.39, 0.29) is 0 Å². The average Bonchev–Trinajstić information content (AvgIpc) is 1.69. The fraction of sp³-hybridized carbons (Fsp3) is 1.00. The zero-order valence-electron chi connectivity index (χ0n) is 4.32. The molecule has 0 spiro atoms. The molecule has 0 saturated carbocycles. The highest BCUT2D eigenvalue weighted by atomic mass is 35.6. The van der Waals surface area contributed by atoms with Crippen molar-refractivity contribution in [3.63, 3.8) is 0 Å². The van der Waals surface area contributed by atoms with Gasteiger partial charge in [0.2, 0.25) is 0 Å². The van der Waals surface area contributed by atoms with E-state index in [2.05, 4.69) is 0 Å². The van der Waals surface area contributed by atoms with Crippen molar-refractivity contribution in [1.82, 2.24) is 0 Å². The summed E-state index contributed by atoms with van der Waals surface area (Å²) in [5, 5.41) is 7.88. The lowest BCUT2D eigenvalue weighted by atomic mass is 10.5. The number of hydrogen-bond donors (Lipinski definition) is 1. The molecule has 7 heavy (non-hydrogen) atoms. The predicted octanol–water partition coefficient (Wildman–Crippen LogP) is 1.39. The van der Waals surface area contributed by atoms with E-state index < -0.39 is 18.2 Å². The van der Waals surface area contributed by atoms with Crippen molar-refractivity contribution in [2.45, 2.75) is 13.3 Å². The smallest absolute Gasteiger partial charge is 0.396 e. The summed E-state index contributed by atoms with van der Waals surface area (Å²) < 4.78 is 0. The first-order valence-electron chi connectivity index (χ1n) is 2.06. The summed E-state index contributed by atoms with van der Waals surface area (Å²) in [6.07, 6.45) is 0.875. The summed E-state index contributed by atoms with van der Waals surface area (Å²) in [6.45, 7) is 2.25. The van der Waals surface area contributed by atoms with Crippen LogP contribution in [-0.4, -0.2) is 29.9 Å². The highest BCUT2D eigenvalue weighted by Gasteiger charge is 1.64. The molecule has 0 aromatic heterocycles. The molecule has 0 aromatic carbocycles. The Morgan fingerprint density at radius 1 is 1.57 bits per heavy atom. The van der Waals surface area contributed by atoms with Gasteiger partial charge in [0.15, 0.2) is 0 Å². The van der Waals surface area contributed by atoms with Crippen LogP contribution in [0.5, 0.6) is 0 Å². The van der Waals surface area contributed by atoms with Crippen LogP contribution in [0.2, 0.25) is 0 Å². The zero-order chi connectivity index (χ0) is 6.12. The van der Waals surface area contributed by atoms with Crippen LogP contribution in [0.1, 0.15) is 13.3 Å². The maximum atomic E-state index is 7.88. The minimum atomic E-state index is -0.639. The maximum Gasteiger partial charge on any atom is 0.618 e. The lowest BCUT2D eigenvalue weighted by Crippen LogP contribution is -1.69. The van der Waals surface area contributed by atoms with Gasteiger partial charge in [0.1, 0.15) is 0 Å². The van der Waals surface area contributed by atoms with Crippen molar-refractivity contribution in [1.29, 1.82) is 0 Å². The van der Waals surface area contributed by atoms with Crippen LogP contribution in [0.15, 0.2) is 0 Å². The monoisotopic (exact) mass is 154 g/mol. The van der Waals surface area contributed by atoms with Crippen LogP contribution in [0.4, 0.5) is 0 Å². The average molecular weight is 155 g/mol. The first-order valence-corrected chi connectivity index (χ1v) is 6.33. The van der Waals surface area contributed by atoms with Gasteiger partial charge in [-0.25, -0.2) is 0 Å². The Kier molecular flexibility index (Phi) is 25.0. The molecule has 0 saturated heterocycles. The first-order chi connectivity index (χ1) is 3.33. The fourth-order valence-electron chi connectivity index (χ4n) is 0. The SMILES string of the molecule is CCCO.[Cl][Mg][Cl]. The summed E-state index contributed by atoms with van der Waals surface area (Å²) in [4.78, 5) is 0. The molecule has 0 unspecified atom stereocenters. The van der Waals surface area contributed by atoms with Crippen LogP contribution in [0.3, 0.4) is 0 Å². The quantitative estimate of drug-likeness (QED) is 0.567. The fourth-order valence-corrected chi connectivity index (χ4v) is 0. The molecular weight excluding hydrogens is 147 g/mol. The van der Waals surface area contributed by atoms with E-state index >= 15 is 0 Å². The van der Waals surface area contributed by atoms with E-state index in [1.807, 2.05) is 6.92 Å². The van der Waals surface area contributed by atoms with E-state index in [0.717, 1.165) is 6.42 Å². The summed E-state index contributed by atoms with van der Waals surface area (Å²) >= 11 is -0.639. The molecule has 0 aliphatic heterocycles. The molecule has 0 aliphatic rings. The van der Waals surface area contributed by atoms with Crippen LogP contribution in [-0.2, 0) is 0 Å². The molecule has 42 valence electrons. The number of hydrogen-bond acceptors (Lipinski definition) is 1. The third-order valence-electron chi connectivity index (χ3n) is 0.224. The summed E-state index contributed by atoms with van der Waals surface area (Å²) in [7, 11) is 9.81. The highest BCUT2D eigenvalue weighted by molar-refractivity contribution is 7.22. The van der Waals surface area contributed by atoms with Crippen molar-refractivity contribution in [3.05, 3.63) is 0 Å². The number of rotatable bonds is 1. The molecule has 0 atom stereocenters. The van der Waals surface area contributed by atoms with Gasteiger partial charge in [-0.05, 0) is 6.42 Å². The third kappa shape index (κ3) is 38.7. The molecule has 0 amide bonds. The maximum absolute atomic E-state index is 7.88. The number of aliphatic hydroxyl groups excluding tert-OH is 1. The minimum Gasteiger partial charge on any atom is -0.396 e. The topological polar surface area (TPSA) is 20.2 Å². The van der Waals surface area contributed by atoms with Gasteiger partial charge in [-0.2, -0.15) is 0 Å². The Bertz CT molecular complexity index is 20.4. The van der Waals surface area contributed by atoms with Crippen LogP contribution < -0.4 is 0 Å². The molecule has 1 nitrogen and oxygen atoms in total. The van der Waals surface area contributed by atoms with Gasteiger partial charge >= 0.3 is 18.2 Å². The Morgan fingerprint density at radius 2 is 1.71 bits per heavy atom. The van der Waals surface area contributed by atoms with Gasteiger partial charge in [0.05, 0.1) is 0 Å². The Hall–Kier alpha value is 1.31. The summed E-state index contributed by atoms with van der Waals surface area (Å²) in [5.74, 6) is 0. The van der Waals surface area contributed by atoms with Crippen molar-refractivity contribution in [2.24, 2.45) is 0 Å². The summed E-state index contributed by atoms with van der Waals surface area (Å²) in [5.41, 5.74) is 0. The normalized spacial score (nSPS) is 5.71. The molecular formula is C3H8Cl2MgO. The molecule has 0 fully saturated rings. The molecule has 0 heterocycles. The van der Waals surface area contributed by atoms with Crippen LogP contribution in [0, 0.1) is 0 Å². The second-order valence-electron chi connectivity index (χ2n) is 0.825.